The molecule has 6 nitrogen and oxygen atoms in total. The Hall–Kier alpha value is -2.39. The number of amides is 1. The van der Waals surface area contributed by atoms with Gasteiger partial charge in [-0.1, -0.05) is 11.8 Å². The minimum absolute atomic E-state index is 0.177. The van der Waals surface area contributed by atoms with Crippen molar-refractivity contribution in [2.24, 2.45) is 5.73 Å². The van der Waals surface area contributed by atoms with Crippen molar-refractivity contribution < 1.29 is 14.3 Å². The Morgan fingerprint density at radius 2 is 2.26 bits per heavy atom. The van der Waals surface area contributed by atoms with Gasteiger partial charge in [0, 0.05) is 11.8 Å². The molecule has 0 fully saturated rings. The first-order chi connectivity index (χ1) is 9.17. The summed E-state index contributed by atoms with van der Waals surface area (Å²) in [4.78, 5) is 26.7. The molecule has 6 heteroatoms. The quantitative estimate of drug-likeness (QED) is 0.572. The van der Waals surface area contributed by atoms with Crippen molar-refractivity contribution in [1.82, 2.24) is 10.3 Å². The first-order valence-corrected chi connectivity index (χ1v) is 5.76. The highest BCUT2D eigenvalue weighted by molar-refractivity contribution is 5.94. The van der Waals surface area contributed by atoms with Crippen LogP contribution in [-0.2, 0) is 9.53 Å². The average Bonchev–Trinajstić information content (AvgIpc) is 2.43. The SMILES string of the molecule is CCOC(=O)CNC(=O)c1ccc(C#CCN)cn1. The van der Waals surface area contributed by atoms with Crippen molar-refractivity contribution in [1.29, 1.82) is 0 Å². The van der Waals surface area contributed by atoms with Gasteiger partial charge in [0.25, 0.3) is 5.91 Å². The van der Waals surface area contributed by atoms with Crippen LogP contribution in [0.2, 0.25) is 0 Å². The van der Waals surface area contributed by atoms with Crippen LogP contribution in [0.5, 0.6) is 0 Å². The molecule has 0 spiro atoms. The van der Waals surface area contributed by atoms with E-state index in [1.165, 1.54) is 12.3 Å². The molecule has 0 unspecified atom stereocenters. The van der Waals surface area contributed by atoms with Crippen LogP contribution in [0, 0.1) is 11.8 Å². The van der Waals surface area contributed by atoms with Crippen LogP contribution in [0.1, 0.15) is 23.0 Å². The van der Waals surface area contributed by atoms with Crippen molar-refractivity contribution in [2.45, 2.75) is 6.92 Å². The van der Waals surface area contributed by atoms with Crippen molar-refractivity contribution >= 4 is 11.9 Å². The predicted octanol–water partition coefficient (Wildman–Crippen LogP) is -0.315. The largest absolute Gasteiger partial charge is 0.465 e. The van der Waals surface area contributed by atoms with Crippen LogP contribution < -0.4 is 11.1 Å². The minimum atomic E-state index is -0.485. The van der Waals surface area contributed by atoms with E-state index in [-0.39, 0.29) is 25.4 Å². The predicted molar refractivity (Wildman–Crippen MR) is 69.1 cm³/mol. The molecule has 0 aliphatic heterocycles. The second kappa shape index (κ2) is 7.84. The van der Waals surface area contributed by atoms with Crippen LogP contribution in [0.15, 0.2) is 18.3 Å². The lowest BCUT2D eigenvalue weighted by Gasteiger charge is -2.04. The number of aromatic nitrogens is 1. The van der Waals surface area contributed by atoms with Gasteiger partial charge in [0.15, 0.2) is 0 Å². The molecule has 0 saturated heterocycles. The number of hydrogen-bond donors (Lipinski definition) is 2. The monoisotopic (exact) mass is 261 g/mol. The summed E-state index contributed by atoms with van der Waals surface area (Å²) in [5.41, 5.74) is 6.13. The molecule has 3 N–H and O–H groups in total. The van der Waals surface area contributed by atoms with E-state index < -0.39 is 11.9 Å². The van der Waals surface area contributed by atoms with Crippen molar-refractivity contribution in [3.8, 4) is 11.8 Å². The summed E-state index contributed by atoms with van der Waals surface area (Å²) in [6, 6.07) is 3.19. The summed E-state index contributed by atoms with van der Waals surface area (Å²) in [5, 5.41) is 2.41. The number of pyridine rings is 1. The summed E-state index contributed by atoms with van der Waals surface area (Å²) in [5.74, 6) is 4.55. The maximum Gasteiger partial charge on any atom is 0.325 e. The third-order valence-corrected chi connectivity index (χ3v) is 2.03. The number of carbonyl (C=O) groups is 2. The highest BCUT2D eigenvalue weighted by Gasteiger charge is 2.09. The summed E-state index contributed by atoms with van der Waals surface area (Å²) in [6.07, 6.45) is 1.47. The second-order valence-corrected chi connectivity index (χ2v) is 3.43. The Labute approximate surface area is 111 Å². The van der Waals surface area contributed by atoms with Crippen molar-refractivity contribution in [3.05, 3.63) is 29.6 Å². The van der Waals surface area contributed by atoms with Gasteiger partial charge in [-0.3, -0.25) is 9.59 Å². The molecule has 1 aromatic heterocycles. The Balaban J connectivity index is 2.55. The van der Waals surface area contributed by atoms with Crippen LogP contribution in [-0.4, -0.2) is 36.6 Å². The van der Waals surface area contributed by atoms with E-state index in [2.05, 4.69) is 26.9 Å². The molecule has 0 saturated carbocycles. The van der Waals surface area contributed by atoms with Crippen LogP contribution in [0.4, 0.5) is 0 Å². The molecule has 19 heavy (non-hydrogen) atoms. The van der Waals surface area contributed by atoms with Crippen molar-refractivity contribution in [3.63, 3.8) is 0 Å². The summed E-state index contributed by atoms with van der Waals surface area (Å²) in [6.45, 7) is 2.06. The lowest BCUT2D eigenvalue weighted by atomic mass is 10.2. The van der Waals surface area contributed by atoms with E-state index in [0.717, 1.165) is 0 Å². The fourth-order valence-corrected chi connectivity index (χ4v) is 1.21. The van der Waals surface area contributed by atoms with Gasteiger partial charge in [0.05, 0.1) is 13.2 Å². The lowest BCUT2D eigenvalue weighted by molar-refractivity contribution is -0.141. The molecule has 0 aliphatic carbocycles. The molecule has 1 rings (SSSR count). The highest BCUT2D eigenvalue weighted by Crippen LogP contribution is 1.98. The zero-order chi connectivity index (χ0) is 14.1. The van der Waals surface area contributed by atoms with Gasteiger partial charge in [-0.05, 0) is 19.1 Å². The van der Waals surface area contributed by atoms with Gasteiger partial charge in [-0.25, -0.2) is 4.98 Å². The van der Waals surface area contributed by atoms with Crippen molar-refractivity contribution in [2.75, 3.05) is 19.7 Å². The number of ether oxygens (including phenoxy) is 1. The number of nitrogens with two attached hydrogens (primary N) is 1. The number of esters is 1. The third-order valence-electron chi connectivity index (χ3n) is 2.03. The van der Waals surface area contributed by atoms with E-state index in [1.807, 2.05) is 0 Å². The Morgan fingerprint density at radius 1 is 1.47 bits per heavy atom. The van der Waals surface area contributed by atoms with Crippen LogP contribution >= 0.6 is 0 Å². The molecular formula is C13H15N3O3. The van der Waals surface area contributed by atoms with Gasteiger partial charge < -0.3 is 15.8 Å². The van der Waals surface area contributed by atoms with Gasteiger partial charge in [-0.2, -0.15) is 0 Å². The second-order valence-electron chi connectivity index (χ2n) is 3.43. The van der Waals surface area contributed by atoms with E-state index in [0.29, 0.717) is 5.56 Å². The normalized spacial score (nSPS) is 9.16. The van der Waals surface area contributed by atoms with Gasteiger partial charge >= 0.3 is 5.97 Å². The zero-order valence-corrected chi connectivity index (χ0v) is 10.6. The fraction of sp³-hybridized carbons (Fsp3) is 0.308. The standard InChI is InChI=1S/C13H15N3O3/c1-2-19-12(17)9-16-13(18)11-6-5-10(8-15-11)4-3-7-14/h5-6,8H,2,7,9,14H2,1H3,(H,16,18). The van der Waals surface area contributed by atoms with Gasteiger partial charge in [0.2, 0.25) is 0 Å². The first-order valence-electron chi connectivity index (χ1n) is 5.76. The molecular weight excluding hydrogens is 246 g/mol. The Kier molecular flexibility index (Phi) is 6.06. The fourth-order valence-electron chi connectivity index (χ4n) is 1.21. The number of nitrogens with one attached hydrogen (secondary N) is 1. The minimum Gasteiger partial charge on any atom is -0.465 e. The Morgan fingerprint density at radius 3 is 2.84 bits per heavy atom. The molecule has 1 aromatic rings. The molecule has 1 amide bonds. The van der Waals surface area contributed by atoms with E-state index in [9.17, 15) is 9.59 Å². The number of nitrogens with zero attached hydrogens (tertiary/aromatic N) is 1. The van der Waals surface area contributed by atoms with Gasteiger partial charge in [-0.15, -0.1) is 0 Å². The average molecular weight is 261 g/mol. The topological polar surface area (TPSA) is 94.3 Å². The van der Waals surface area contributed by atoms with E-state index in [1.54, 1.807) is 13.0 Å². The molecule has 0 aromatic carbocycles. The lowest BCUT2D eigenvalue weighted by Crippen LogP contribution is -2.31. The first kappa shape index (κ1) is 14.7. The van der Waals surface area contributed by atoms with E-state index >= 15 is 0 Å². The smallest absolute Gasteiger partial charge is 0.325 e. The highest BCUT2D eigenvalue weighted by atomic mass is 16.5. The summed E-state index contributed by atoms with van der Waals surface area (Å²) in [7, 11) is 0. The molecule has 0 radical (unpaired) electrons. The Bertz CT molecular complexity index is 500. The van der Waals surface area contributed by atoms with E-state index in [4.69, 9.17) is 5.73 Å². The zero-order valence-electron chi connectivity index (χ0n) is 10.6. The number of rotatable bonds is 4. The summed E-state index contributed by atoms with van der Waals surface area (Å²) < 4.78 is 4.69. The molecule has 0 bridgehead atoms. The van der Waals surface area contributed by atoms with Crippen LogP contribution in [0.3, 0.4) is 0 Å². The van der Waals surface area contributed by atoms with Gasteiger partial charge in [0.1, 0.15) is 12.2 Å². The van der Waals surface area contributed by atoms with Crippen LogP contribution in [0.25, 0.3) is 0 Å². The number of hydrogen-bond acceptors (Lipinski definition) is 5. The molecule has 0 atom stereocenters. The maximum atomic E-state index is 11.6. The molecule has 100 valence electrons. The molecule has 1 heterocycles. The summed E-state index contributed by atoms with van der Waals surface area (Å²) >= 11 is 0. The maximum absolute atomic E-state index is 11.6. The molecule has 0 aliphatic rings. The third kappa shape index (κ3) is 5.19. The number of carbonyl (C=O) groups excluding carboxylic acids is 2.